The maximum Gasteiger partial charge on any atom is 0.310 e. The first-order valence-corrected chi connectivity index (χ1v) is 8.60. The molecule has 0 amide bonds. The maximum atomic E-state index is 11.4. The molecule has 5 nitrogen and oxygen atoms in total. The van der Waals surface area contributed by atoms with E-state index >= 15 is 0 Å². The zero-order valence-electron chi connectivity index (χ0n) is 10.3. The van der Waals surface area contributed by atoms with Crippen molar-refractivity contribution >= 4 is 19.8 Å². The Morgan fingerprint density at radius 1 is 1.35 bits per heavy atom. The molecule has 0 aliphatic carbocycles. The molecular weight excluding hydrogens is 238 g/mol. The lowest BCUT2D eigenvalue weighted by molar-refractivity contribution is -0.385. The summed E-state index contributed by atoms with van der Waals surface area (Å²) in [5.74, 6) is -0.133. The second-order valence-electron chi connectivity index (χ2n) is 4.68. The highest BCUT2D eigenvalue weighted by Crippen LogP contribution is 2.33. The Labute approximate surface area is 101 Å². The van der Waals surface area contributed by atoms with E-state index in [1.165, 1.54) is 19.1 Å². The SMILES string of the molecule is CC(=O)c1cccc([N+](=O)[O-])c1O[Si](C)(C)C. The van der Waals surface area contributed by atoms with E-state index in [1.807, 2.05) is 19.6 Å². The standard InChI is InChI=1S/C11H15NO4Si/c1-8(13)9-6-5-7-10(12(14)15)11(9)16-17(2,3)4/h5-7H,1-4H3. The fraction of sp³-hybridized carbons (Fsp3) is 0.364. The Morgan fingerprint density at radius 3 is 2.35 bits per heavy atom. The lowest BCUT2D eigenvalue weighted by Gasteiger charge is -2.20. The normalized spacial score (nSPS) is 11.1. The highest BCUT2D eigenvalue weighted by atomic mass is 28.4. The van der Waals surface area contributed by atoms with Gasteiger partial charge in [-0.05, 0) is 32.6 Å². The van der Waals surface area contributed by atoms with E-state index in [1.54, 1.807) is 6.07 Å². The van der Waals surface area contributed by atoms with Crippen LogP contribution in [0.15, 0.2) is 18.2 Å². The number of carbonyl (C=O) groups is 1. The fourth-order valence-corrected chi connectivity index (χ4v) is 2.19. The van der Waals surface area contributed by atoms with Gasteiger partial charge in [-0.2, -0.15) is 0 Å². The predicted octanol–water partition coefficient (Wildman–Crippen LogP) is 3.01. The van der Waals surface area contributed by atoms with Crippen molar-refractivity contribution in [2.24, 2.45) is 0 Å². The largest absolute Gasteiger partial charge is 0.539 e. The number of carbonyl (C=O) groups excluding carboxylic acids is 1. The monoisotopic (exact) mass is 253 g/mol. The number of para-hydroxylation sites is 1. The second kappa shape index (κ2) is 4.66. The third kappa shape index (κ3) is 3.38. The molecule has 1 aromatic carbocycles. The van der Waals surface area contributed by atoms with E-state index in [0.717, 1.165) is 0 Å². The highest BCUT2D eigenvalue weighted by molar-refractivity contribution is 6.70. The van der Waals surface area contributed by atoms with Gasteiger partial charge in [0.2, 0.25) is 8.32 Å². The topological polar surface area (TPSA) is 69.4 Å². The van der Waals surface area contributed by atoms with Crippen LogP contribution in [0.25, 0.3) is 0 Å². The van der Waals surface area contributed by atoms with Gasteiger partial charge in [0.1, 0.15) is 0 Å². The molecule has 17 heavy (non-hydrogen) atoms. The summed E-state index contributed by atoms with van der Waals surface area (Å²) in [5, 5.41) is 10.9. The summed E-state index contributed by atoms with van der Waals surface area (Å²) in [7, 11) is -2.01. The first kappa shape index (κ1) is 13.4. The lowest BCUT2D eigenvalue weighted by atomic mass is 10.1. The van der Waals surface area contributed by atoms with Crippen LogP contribution in [0.5, 0.6) is 5.75 Å². The summed E-state index contributed by atoms with van der Waals surface area (Å²) in [6.45, 7) is 7.10. The van der Waals surface area contributed by atoms with E-state index in [4.69, 9.17) is 4.43 Å². The van der Waals surface area contributed by atoms with Crippen molar-refractivity contribution in [1.82, 2.24) is 0 Å². The van der Waals surface area contributed by atoms with Gasteiger partial charge in [-0.15, -0.1) is 0 Å². The molecule has 0 spiro atoms. The van der Waals surface area contributed by atoms with Crippen LogP contribution in [0, 0.1) is 10.1 Å². The lowest BCUT2D eigenvalue weighted by Crippen LogP contribution is -2.30. The molecular formula is C11H15NO4Si. The number of benzene rings is 1. The van der Waals surface area contributed by atoms with Crippen molar-refractivity contribution in [2.75, 3.05) is 0 Å². The van der Waals surface area contributed by atoms with E-state index in [2.05, 4.69) is 0 Å². The van der Waals surface area contributed by atoms with Crippen LogP contribution in [0.1, 0.15) is 17.3 Å². The number of nitrogens with zero attached hydrogens (tertiary/aromatic N) is 1. The molecule has 0 saturated heterocycles. The van der Waals surface area contributed by atoms with Crippen molar-refractivity contribution in [3.8, 4) is 5.75 Å². The Morgan fingerprint density at radius 2 is 1.94 bits per heavy atom. The van der Waals surface area contributed by atoms with Gasteiger partial charge in [0.25, 0.3) is 0 Å². The molecule has 0 aromatic heterocycles. The van der Waals surface area contributed by atoms with Gasteiger partial charge in [0.15, 0.2) is 11.5 Å². The van der Waals surface area contributed by atoms with Gasteiger partial charge in [0, 0.05) is 6.07 Å². The minimum Gasteiger partial charge on any atom is -0.539 e. The molecule has 0 unspecified atom stereocenters. The number of ketones is 1. The molecule has 0 aliphatic heterocycles. The average molecular weight is 253 g/mol. The molecule has 0 aliphatic rings. The minimum absolute atomic E-state index is 0.101. The van der Waals surface area contributed by atoms with Crippen LogP contribution in [0.2, 0.25) is 19.6 Å². The Kier molecular flexibility index (Phi) is 3.67. The number of nitro benzene ring substituents is 1. The smallest absolute Gasteiger partial charge is 0.310 e. The molecule has 0 radical (unpaired) electrons. The first-order chi connectivity index (χ1) is 7.72. The van der Waals surface area contributed by atoms with Gasteiger partial charge >= 0.3 is 5.69 Å². The second-order valence-corrected chi connectivity index (χ2v) is 9.11. The Bertz CT molecular complexity index is 433. The summed E-state index contributed by atoms with van der Waals surface area (Å²) in [4.78, 5) is 21.8. The highest BCUT2D eigenvalue weighted by Gasteiger charge is 2.26. The predicted molar refractivity (Wildman–Crippen MR) is 67.1 cm³/mol. The van der Waals surface area contributed by atoms with Crippen LogP contribution in [-0.2, 0) is 0 Å². The minimum atomic E-state index is -2.01. The van der Waals surface area contributed by atoms with E-state index < -0.39 is 13.2 Å². The summed E-state index contributed by atoms with van der Waals surface area (Å²) in [6.07, 6.45) is 0. The molecule has 1 rings (SSSR count). The molecule has 0 bridgehead atoms. The van der Waals surface area contributed by atoms with Crippen molar-refractivity contribution in [2.45, 2.75) is 26.6 Å². The summed E-state index contributed by atoms with van der Waals surface area (Å²) >= 11 is 0. The molecule has 0 fully saturated rings. The molecule has 6 heteroatoms. The number of Topliss-reactive ketones (excluding diaryl/α,β-unsaturated/α-hetero) is 1. The van der Waals surface area contributed by atoms with Crippen molar-refractivity contribution in [1.29, 1.82) is 0 Å². The van der Waals surface area contributed by atoms with Crippen LogP contribution in [0.3, 0.4) is 0 Å². The number of hydrogen-bond acceptors (Lipinski definition) is 4. The molecule has 0 saturated carbocycles. The van der Waals surface area contributed by atoms with E-state index in [0.29, 0.717) is 0 Å². The first-order valence-electron chi connectivity index (χ1n) is 5.20. The zero-order chi connectivity index (χ0) is 13.2. The fourth-order valence-electron chi connectivity index (χ4n) is 1.36. The van der Waals surface area contributed by atoms with E-state index in [-0.39, 0.29) is 22.8 Å². The zero-order valence-corrected chi connectivity index (χ0v) is 11.3. The third-order valence-electron chi connectivity index (χ3n) is 1.98. The molecule has 0 heterocycles. The Balaban J connectivity index is 3.39. The van der Waals surface area contributed by atoms with Gasteiger partial charge in [0.05, 0.1) is 10.5 Å². The van der Waals surface area contributed by atoms with Crippen LogP contribution < -0.4 is 4.43 Å². The van der Waals surface area contributed by atoms with Gasteiger partial charge in [-0.25, -0.2) is 0 Å². The maximum absolute atomic E-state index is 11.4. The summed E-state index contributed by atoms with van der Waals surface area (Å²) in [5.41, 5.74) is 0.113. The Hall–Kier alpha value is -1.69. The number of hydrogen-bond donors (Lipinski definition) is 0. The average Bonchev–Trinajstić information content (AvgIpc) is 2.14. The van der Waals surface area contributed by atoms with Crippen molar-refractivity contribution in [3.63, 3.8) is 0 Å². The van der Waals surface area contributed by atoms with Gasteiger partial charge < -0.3 is 4.43 Å². The van der Waals surface area contributed by atoms with Gasteiger partial charge in [-0.3, -0.25) is 14.9 Å². The molecule has 0 atom stereocenters. The third-order valence-corrected chi connectivity index (χ3v) is 2.79. The summed E-state index contributed by atoms with van der Waals surface area (Å²) in [6, 6.07) is 4.39. The quantitative estimate of drug-likeness (QED) is 0.358. The number of nitro groups is 1. The number of rotatable bonds is 4. The van der Waals surface area contributed by atoms with Crippen molar-refractivity contribution < 1.29 is 14.1 Å². The van der Waals surface area contributed by atoms with Gasteiger partial charge in [-0.1, -0.05) is 6.07 Å². The molecule has 92 valence electrons. The molecule has 1 aromatic rings. The van der Waals surface area contributed by atoms with Crippen molar-refractivity contribution in [3.05, 3.63) is 33.9 Å². The van der Waals surface area contributed by atoms with Crippen LogP contribution >= 0.6 is 0 Å². The van der Waals surface area contributed by atoms with Crippen LogP contribution in [0.4, 0.5) is 5.69 Å². The molecule has 0 N–H and O–H groups in total. The van der Waals surface area contributed by atoms with Crippen LogP contribution in [-0.4, -0.2) is 19.0 Å². The summed E-state index contributed by atoms with van der Waals surface area (Å²) < 4.78 is 5.66. The van der Waals surface area contributed by atoms with E-state index in [9.17, 15) is 14.9 Å².